The Balaban J connectivity index is 1.53. The van der Waals surface area contributed by atoms with Crippen LogP contribution in [0, 0.1) is 0 Å². The molecule has 0 fully saturated rings. The van der Waals surface area contributed by atoms with E-state index in [1.54, 1.807) is 48.5 Å². The Morgan fingerprint density at radius 1 is 1.07 bits per heavy atom. The van der Waals surface area contributed by atoms with E-state index in [0.29, 0.717) is 36.0 Å². The van der Waals surface area contributed by atoms with Crippen LogP contribution in [0.2, 0.25) is 0 Å². The van der Waals surface area contributed by atoms with E-state index in [2.05, 4.69) is 5.32 Å². The van der Waals surface area contributed by atoms with Gasteiger partial charge in [-0.1, -0.05) is 18.2 Å². The van der Waals surface area contributed by atoms with Crippen molar-refractivity contribution in [3.63, 3.8) is 0 Å². The summed E-state index contributed by atoms with van der Waals surface area (Å²) < 4.78 is 16.1. The predicted octanol–water partition coefficient (Wildman–Crippen LogP) is 3.25. The number of ether oxygens (including phenoxy) is 3. The maximum atomic E-state index is 12.0. The SMILES string of the molecule is CC(=O)c1ccccc1NC(=O)COC(=O)/C=C/c1ccc2c(c1)OCCCO2. The van der Waals surface area contributed by atoms with Crippen LogP contribution in [-0.4, -0.2) is 37.5 Å². The average molecular weight is 395 g/mol. The molecule has 3 rings (SSSR count). The van der Waals surface area contributed by atoms with Crippen molar-refractivity contribution in [3.8, 4) is 11.5 Å². The Morgan fingerprint density at radius 3 is 2.62 bits per heavy atom. The van der Waals surface area contributed by atoms with Crippen molar-refractivity contribution in [2.24, 2.45) is 0 Å². The van der Waals surface area contributed by atoms with Crippen molar-refractivity contribution in [1.82, 2.24) is 0 Å². The number of anilines is 1. The molecule has 0 radical (unpaired) electrons. The van der Waals surface area contributed by atoms with Crippen LogP contribution < -0.4 is 14.8 Å². The third-order valence-electron chi connectivity index (χ3n) is 4.11. The van der Waals surface area contributed by atoms with Crippen molar-refractivity contribution in [2.75, 3.05) is 25.1 Å². The summed E-state index contributed by atoms with van der Waals surface area (Å²) >= 11 is 0. The van der Waals surface area contributed by atoms with Gasteiger partial charge >= 0.3 is 5.97 Å². The lowest BCUT2D eigenvalue weighted by atomic mass is 10.1. The number of carbonyl (C=O) groups excluding carboxylic acids is 3. The van der Waals surface area contributed by atoms with Gasteiger partial charge in [-0.2, -0.15) is 0 Å². The molecule has 7 nitrogen and oxygen atoms in total. The molecule has 1 aliphatic rings. The molecule has 0 atom stereocenters. The number of carbonyl (C=O) groups is 3. The molecular weight excluding hydrogens is 374 g/mol. The molecule has 1 heterocycles. The summed E-state index contributed by atoms with van der Waals surface area (Å²) in [5.41, 5.74) is 1.51. The normalized spacial score (nSPS) is 12.9. The van der Waals surface area contributed by atoms with Crippen LogP contribution in [0.3, 0.4) is 0 Å². The third kappa shape index (κ3) is 5.68. The number of rotatable bonds is 6. The number of nitrogens with one attached hydrogen (secondary N) is 1. The first-order valence-corrected chi connectivity index (χ1v) is 9.17. The van der Waals surface area contributed by atoms with E-state index in [9.17, 15) is 14.4 Å². The number of Topliss-reactive ketones (excluding diaryl/α,β-unsaturated/α-hetero) is 1. The van der Waals surface area contributed by atoms with Crippen LogP contribution >= 0.6 is 0 Å². The van der Waals surface area contributed by atoms with E-state index in [0.717, 1.165) is 12.0 Å². The molecule has 0 bridgehead atoms. The fraction of sp³-hybridized carbons (Fsp3) is 0.227. The van der Waals surface area contributed by atoms with Crippen LogP contribution in [0.4, 0.5) is 5.69 Å². The monoisotopic (exact) mass is 395 g/mol. The molecule has 150 valence electrons. The molecule has 0 unspecified atom stereocenters. The second-order valence-electron chi connectivity index (χ2n) is 6.35. The first-order chi connectivity index (χ1) is 14.0. The van der Waals surface area contributed by atoms with Gasteiger partial charge in [-0.15, -0.1) is 0 Å². The zero-order valence-electron chi connectivity index (χ0n) is 16.0. The number of fused-ring (bicyclic) bond motifs is 1. The highest BCUT2D eigenvalue weighted by Gasteiger charge is 2.12. The van der Waals surface area contributed by atoms with E-state index in [-0.39, 0.29) is 5.78 Å². The Labute approximate surface area is 168 Å². The fourth-order valence-electron chi connectivity index (χ4n) is 2.72. The number of para-hydroxylation sites is 1. The van der Waals surface area contributed by atoms with Gasteiger partial charge in [0.15, 0.2) is 23.9 Å². The van der Waals surface area contributed by atoms with Crippen molar-refractivity contribution in [2.45, 2.75) is 13.3 Å². The number of ketones is 1. The quantitative estimate of drug-likeness (QED) is 0.459. The van der Waals surface area contributed by atoms with Gasteiger partial charge in [-0.3, -0.25) is 9.59 Å². The van der Waals surface area contributed by atoms with Gasteiger partial charge in [0.25, 0.3) is 5.91 Å². The molecule has 1 aliphatic heterocycles. The molecule has 29 heavy (non-hydrogen) atoms. The van der Waals surface area contributed by atoms with Crippen LogP contribution in [0.5, 0.6) is 11.5 Å². The molecular formula is C22H21NO6. The van der Waals surface area contributed by atoms with Gasteiger partial charge in [-0.05, 0) is 42.8 Å². The minimum atomic E-state index is -0.660. The predicted molar refractivity (Wildman–Crippen MR) is 107 cm³/mol. The lowest BCUT2D eigenvalue weighted by Crippen LogP contribution is -2.21. The summed E-state index contributed by atoms with van der Waals surface area (Å²) in [6.45, 7) is 2.13. The maximum absolute atomic E-state index is 12.0. The van der Waals surface area contributed by atoms with E-state index in [1.165, 1.54) is 13.0 Å². The Bertz CT molecular complexity index is 950. The number of amides is 1. The summed E-state index contributed by atoms with van der Waals surface area (Å²) in [7, 11) is 0. The molecule has 0 saturated carbocycles. The smallest absolute Gasteiger partial charge is 0.331 e. The Morgan fingerprint density at radius 2 is 1.83 bits per heavy atom. The second-order valence-corrected chi connectivity index (χ2v) is 6.35. The Hall–Kier alpha value is -3.61. The van der Waals surface area contributed by atoms with Crippen molar-refractivity contribution < 1.29 is 28.6 Å². The van der Waals surface area contributed by atoms with Crippen molar-refractivity contribution in [3.05, 3.63) is 59.7 Å². The van der Waals surface area contributed by atoms with Crippen molar-refractivity contribution >= 4 is 29.4 Å². The van der Waals surface area contributed by atoms with Crippen LogP contribution in [0.15, 0.2) is 48.5 Å². The van der Waals surface area contributed by atoms with E-state index < -0.39 is 18.5 Å². The summed E-state index contributed by atoms with van der Waals surface area (Å²) in [6.07, 6.45) is 3.61. The first kappa shape index (κ1) is 20.1. The topological polar surface area (TPSA) is 90.9 Å². The number of hydrogen-bond acceptors (Lipinski definition) is 6. The number of esters is 1. The second kappa shape index (κ2) is 9.54. The van der Waals surface area contributed by atoms with Gasteiger partial charge in [0, 0.05) is 18.1 Å². The molecule has 0 saturated heterocycles. The van der Waals surface area contributed by atoms with E-state index in [1.807, 2.05) is 0 Å². The molecule has 0 aromatic heterocycles. The molecule has 2 aromatic rings. The minimum absolute atomic E-state index is 0.170. The number of hydrogen-bond donors (Lipinski definition) is 1. The molecule has 2 aromatic carbocycles. The minimum Gasteiger partial charge on any atom is -0.490 e. The van der Waals surface area contributed by atoms with Gasteiger partial charge in [0.2, 0.25) is 0 Å². The summed E-state index contributed by atoms with van der Waals surface area (Å²) in [6, 6.07) is 12.0. The Kier molecular flexibility index (Phi) is 6.63. The van der Waals surface area contributed by atoms with Gasteiger partial charge in [0.05, 0.1) is 18.9 Å². The molecule has 7 heteroatoms. The highest BCUT2D eigenvalue weighted by Crippen LogP contribution is 2.30. The maximum Gasteiger partial charge on any atom is 0.331 e. The average Bonchev–Trinajstić information content (AvgIpc) is 2.96. The molecule has 1 N–H and O–H groups in total. The molecule has 0 aliphatic carbocycles. The number of benzene rings is 2. The van der Waals surface area contributed by atoms with Gasteiger partial charge < -0.3 is 19.5 Å². The van der Waals surface area contributed by atoms with Gasteiger partial charge in [-0.25, -0.2) is 4.79 Å². The lowest BCUT2D eigenvalue weighted by molar-refractivity contribution is -0.142. The summed E-state index contributed by atoms with van der Waals surface area (Å²) in [4.78, 5) is 35.5. The van der Waals surface area contributed by atoms with Crippen LogP contribution in [-0.2, 0) is 14.3 Å². The standard InChI is InChI=1S/C22H21NO6/c1-15(24)17-5-2-3-6-18(17)23-21(25)14-29-22(26)10-8-16-7-9-19-20(13-16)28-12-4-11-27-19/h2-3,5-10,13H,4,11-12,14H2,1H3,(H,23,25)/b10-8+. The molecule has 1 amide bonds. The first-order valence-electron chi connectivity index (χ1n) is 9.17. The highest BCUT2D eigenvalue weighted by molar-refractivity contribution is 6.04. The zero-order valence-corrected chi connectivity index (χ0v) is 16.0. The van der Waals surface area contributed by atoms with Crippen molar-refractivity contribution in [1.29, 1.82) is 0 Å². The highest BCUT2D eigenvalue weighted by atomic mass is 16.5. The van der Waals surface area contributed by atoms with Crippen LogP contribution in [0.25, 0.3) is 6.08 Å². The summed E-state index contributed by atoms with van der Waals surface area (Å²) in [5.74, 6) is -0.0645. The van der Waals surface area contributed by atoms with E-state index in [4.69, 9.17) is 14.2 Å². The van der Waals surface area contributed by atoms with Crippen LogP contribution in [0.1, 0.15) is 29.3 Å². The lowest BCUT2D eigenvalue weighted by Gasteiger charge is -2.09. The largest absolute Gasteiger partial charge is 0.490 e. The molecule has 0 spiro atoms. The zero-order chi connectivity index (χ0) is 20.6. The van der Waals surface area contributed by atoms with Gasteiger partial charge in [0.1, 0.15) is 0 Å². The third-order valence-corrected chi connectivity index (χ3v) is 4.11. The summed E-state index contributed by atoms with van der Waals surface area (Å²) in [5, 5.41) is 2.57. The van der Waals surface area contributed by atoms with E-state index >= 15 is 0 Å². The fourth-order valence-corrected chi connectivity index (χ4v) is 2.72.